The van der Waals surface area contributed by atoms with Crippen molar-refractivity contribution >= 4 is 5.97 Å². The third-order valence-electron chi connectivity index (χ3n) is 1.51. The van der Waals surface area contributed by atoms with Gasteiger partial charge in [0.05, 0.1) is 6.07 Å². The van der Waals surface area contributed by atoms with E-state index >= 15 is 0 Å². The molecule has 0 aliphatic carbocycles. The highest BCUT2D eigenvalue weighted by atomic mass is 16.6. The molecule has 4 heteroatoms. The van der Waals surface area contributed by atoms with Crippen LogP contribution < -0.4 is 5.73 Å². The monoisotopic (exact) mass is 199 g/mol. The quantitative estimate of drug-likeness (QED) is 0.421. The van der Waals surface area contributed by atoms with E-state index in [1.807, 2.05) is 6.07 Å². The maximum atomic E-state index is 11.3. The molecule has 0 aromatic heterocycles. The first-order valence-electron chi connectivity index (χ1n) is 4.72. The fourth-order valence-corrected chi connectivity index (χ4v) is 0.896. The van der Waals surface area contributed by atoms with Crippen LogP contribution in [0, 0.1) is 11.3 Å². The highest BCUT2D eigenvalue weighted by molar-refractivity contribution is 5.75. The third-order valence-corrected chi connectivity index (χ3v) is 1.51. The Kier molecular flexibility index (Phi) is 5.18. The summed E-state index contributed by atoms with van der Waals surface area (Å²) in [5.41, 5.74) is 5.09. The average Bonchev–Trinajstić information content (AvgIpc) is 2.01. The zero-order valence-corrected chi connectivity index (χ0v) is 9.04. The molecule has 0 aliphatic heterocycles. The summed E-state index contributed by atoms with van der Waals surface area (Å²) >= 11 is 0. The smallest absolute Gasteiger partial charge is 0.323 e. The standard InChI is InChI=1S/C10H18N2O2/c1-10(2,3)14-9(13)8(12)6-4-5-7-11/h8H,4-6,12H2,1-3H3/i7+1. The number of carbonyl (C=O) groups excluding carboxylic acids is 1. The van der Waals surface area contributed by atoms with Crippen LogP contribution in [0.5, 0.6) is 0 Å². The Balaban J connectivity index is 3.84. The normalized spacial score (nSPS) is 13.1. The lowest BCUT2D eigenvalue weighted by Crippen LogP contribution is -2.37. The van der Waals surface area contributed by atoms with Gasteiger partial charge in [-0.05, 0) is 33.6 Å². The first-order chi connectivity index (χ1) is 6.37. The first kappa shape index (κ1) is 12.9. The average molecular weight is 199 g/mol. The Labute approximate surface area is 85.0 Å². The Morgan fingerprint density at radius 3 is 2.57 bits per heavy atom. The number of ether oxygens (including phenoxy) is 1. The van der Waals surface area contributed by atoms with Gasteiger partial charge in [-0.2, -0.15) is 5.26 Å². The number of unbranched alkanes of at least 4 members (excludes halogenated alkanes) is 1. The molecule has 0 radical (unpaired) electrons. The molecular weight excluding hydrogens is 181 g/mol. The lowest BCUT2D eigenvalue weighted by atomic mass is 10.1. The van der Waals surface area contributed by atoms with E-state index in [4.69, 9.17) is 15.7 Å². The first-order valence-corrected chi connectivity index (χ1v) is 4.72. The number of carbonyl (C=O) groups is 1. The maximum Gasteiger partial charge on any atom is 0.323 e. The summed E-state index contributed by atoms with van der Waals surface area (Å²) in [5, 5.41) is 8.30. The molecule has 0 bridgehead atoms. The second kappa shape index (κ2) is 5.61. The van der Waals surface area contributed by atoms with Gasteiger partial charge in [-0.1, -0.05) is 0 Å². The number of nitrogens with zero attached hydrogens (tertiary/aromatic N) is 1. The lowest BCUT2D eigenvalue weighted by molar-refractivity contribution is -0.156. The predicted octanol–water partition coefficient (Wildman–Crippen LogP) is 1.35. The second-order valence-electron chi connectivity index (χ2n) is 4.19. The summed E-state index contributed by atoms with van der Waals surface area (Å²) in [5.74, 6) is -0.393. The summed E-state index contributed by atoms with van der Waals surface area (Å²) < 4.78 is 5.08. The molecule has 0 fully saturated rings. The number of esters is 1. The van der Waals surface area contributed by atoms with Crippen LogP contribution in [0.15, 0.2) is 0 Å². The molecule has 0 saturated carbocycles. The van der Waals surface area contributed by atoms with Gasteiger partial charge >= 0.3 is 5.97 Å². The number of hydrogen-bond acceptors (Lipinski definition) is 4. The van der Waals surface area contributed by atoms with Crippen LogP contribution in [0.3, 0.4) is 0 Å². The van der Waals surface area contributed by atoms with Gasteiger partial charge in [-0.15, -0.1) is 0 Å². The topological polar surface area (TPSA) is 76.1 Å². The minimum Gasteiger partial charge on any atom is -0.459 e. The van der Waals surface area contributed by atoms with Gasteiger partial charge in [0.1, 0.15) is 11.6 Å². The molecule has 0 aromatic carbocycles. The molecule has 0 rings (SSSR count). The molecule has 0 saturated heterocycles. The van der Waals surface area contributed by atoms with Crippen LogP contribution in [0.1, 0.15) is 40.0 Å². The summed E-state index contributed by atoms with van der Waals surface area (Å²) in [6.45, 7) is 5.40. The molecule has 0 amide bonds. The van der Waals surface area contributed by atoms with Crippen molar-refractivity contribution in [2.75, 3.05) is 0 Å². The summed E-state index contributed by atoms with van der Waals surface area (Å²) in [6.07, 6.45) is 1.57. The Morgan fingerprint density at radius 1 is 1.57 bits per heavy atom. The van der Waals surface area contributed by atoms with Crippen molar-refractivity contribution in [1.82, 2.24) is 0 Å². The molecule has 80 valence electrons. The molecule has 0 spiro atoms. The molecule has 0 heterocycles. The molecule has 0 aromatic rings. The van der Waals surface area contributed by atoms with Crippen molar-refractivity contribution in [2.45, 2.75) is 51.7 Å². The molecule has 0 aliphatic rings. The highest BCUT2D eigenvalue weighted by Crippen LogP contribution is 2.09. The SMILES string of the molecule is CC(C)(C)OC(=O)C(N)CCC[13C]#N. The zero-order chi connectivity index (χ0) is 11.2. The van der Waals surface area contributed by atoms with Crippen LogP contribution in [-0.4, -0.2) is 17.6 Å². The van der Waals surface area contributed by atoms with E-state index in [1.54, 1.807) is 20.8 Å². The molecular formula is C10H18N2O2. The van der Waals surface area contributed by atoms with E-state index in [0.29, 0.717) is 19.3 Å². The molecule has 2 N–H and O–H groups in total. The highest BCUT2D eigenvalue weighted by Gasteiger charge is 2.21. The molecule has 14 heavy (non-hydrogen) atoms. The van der Waals surface area contributed by atoms with E-state index < -0.39 is 17.6 Å². The van der Waals surface area contributed by atoms with Crippen molar-refractivity contribution in [1.29, 1.82) is 5.26 Å². The van der Waals surface area contributed by atoms with Gasteiger partial charge in [-0.3, -0.25) is 4.79 Å². The summed E-state index contributed by atoms with van der Waals surface area (Å²) in [7, 11) is 0. The van der Waals surface area contributed by atoms with Gasteiger partial charge in [0.25, 0.3) is 0 Å². The Bertz CT molecular complexity index is 225. The van der Waals surface area contributed by atoms with Crippen molar-refractivity contribution in [2.24, 2.45) is 5.73 Å². The maximum absolute atomic E-state index is 11.3. The van der Waals surface area contributed by atoms with Gasteiger partial charge in [0.15, 0.2) is 0 Å². The molecule has 4 nitrogen and oxygen atoms in total. The van der Waals surface area contributed by atoms with E-state index in [9.17, 15) is 4.79 Å². The van der Waals surface area contributed by atoms with Gasteiger partial charge < -0.3 is 10.5 Å². The van der Waals surface area contributed by atoms with Gasteiger partial charge in [0, 0.05) is 6.42 Å². The zero-order valence-electron chi connectivity index (χ0n) is 9.04. The van der Waals surface area contributed by atoms with Crippen molar-refractivity contribution in [3.63, 3.8) is 0 Å². The lowest BCUT2D eigenvalue weighted by Gasteiger charge is -2.21. The third kappa shape index (κ3) is 6.44. The number of nitriles is 1. The Morgan fingerprint density at radius 2 is 2.14 bits per heavy atom. The predicted molar refractivity (Wildman–Crippen MR) is 53.3 cm³/mol. The van der Waals surface area contributed by atoms with Crippen molar-refractivity contribution in [3.05, 3.63) is 0 Å². The molecule has 1 unspecified atom stereocenters. The summed E-state index contributed by atoms with van der Waals surface area (Å²) in [6, 6.07) is 1.39. The largest absolute Gasteiger partial charge is 0.459 e. The van der Waals surface area contributed by atoms with E-state index in [0.717, 1.165) is 0 Å². The number of hydrogen-bond donors (Lipinski definition) is 1. The number of rotatable bonds is 4. The van der Waals surface area contributed by atoms with Crippen LogP contribution in [0.4, 0.5) is 0 Å². The van der Waals surface area contributed by atoms with Crippen LogP contribution in [-0.2, 0) is 9.53 Å². The van der Waals surface area contributed by atoms with E-state index in [1.165, 1.54) is 0 Å². The fraction of sp³-hybridized carbons (Fsp3) is 0.800. The number of nitrogens with two attached hydrogens (primary N) is 1. The second-order valence-corrected chi connectivity index (χ2v) is 4.19. The minimum atomic E-state index is -0.609. The van der Waals surface area contributed by atoms with Crippen molar-refractivity contribution in [3.8, 4) is 6.07 Å². The van der Waals surface area contributed by atoms with Crippen LogP contribution in [0.25, 0.3) is 0 Å². The minimum absolute atomic E-state index is 0.393. The van der Waals surface area contributed by atoms with Gasteiger partial charge in [0.2, 0.25) is 0 Å². The molecule has 1 atom stereocenters. The van der Waals surface area contributed by atoms with Crippen molar-refractivity contribution < 1.29 is 9.53 Å². The summed E-state index contributed by atoms with van der Waals surface area (Å²) in [4.78, 5) is 11.3. The Hall–Kier alpha value is -1.08. The van der Waals surface area contributed by atoms with E-state index in [2.05, 4.69) is 0 Å². The van der Waals surface area contributed by atoms with E-state index in [-0.39, 0.29) is 0 Å². The van der Waals surface area contributed by atoms with Gasteiger partial charge in [-0.25, -0.2) is 0 Å². The fourth-order valence-electron chi connectivity index (χ4n) is 0.896. The van der Waals surface area contributed by atoms with Crippen LogP contribution >= 0.6 is 0 Å². The van der Waals surface area contributed by atoms with Crippen LogP contribution in [0.2, 0.25) is 0 Å².